The van der Waals surface area contributed by atoms with E-state index in [0.29, 0.717) is 22.6 Å². The van der Waals surface area contributed by atoms with Gasteiger partial charge in [0.05, 0.1) is 29.5 Å². The van der Waals surface area contributed by atoms with Crippen molar-refractivity contribution in [3.63, 3.8) is 0 Å². The largest absolute Gasteiger partial charge is 0.493 e. The second-order valence-electron chi connectivity index (χ2n) is 5.45. The summed E-state index contributed by atoms with van der Waals surface area (Å²) in [6.07, 6.45) is 7.56. The highest BCUT2D eigenvalue weighted by Crippen LogP contribution is 2.25. The molecule has 114 valence electrons. The van der Waals surface area contributed by atoms with Crippen LogP contribution < -0.4 is 4.74 Å². The van der Waals surface area contributed by atoms with Crippen LogP contribution in [0.15, 0.2) is 30.9 Å². The molecule has 22 heavy (non-hydrogen) atoms. The van der Waals surface area contributed by atoms with E-state index < -0.39 is 0 Å². The molecule has 3 rings (SSSR count). The number of rotatable bonds is 5. The van der Waals surface area contributed by atoms with Crippen molar-refractivity contribution in [3.05, 3.63) is 30.9 Å². The molecule has 0 aromatic carbocycles. The van der Waals surface area contributed by atoms with Gasteiger partial charge in [0.25, 0.3) is 0 Å². The normalized spacial score (nSPS) is 11.2. The summed E-state index contributed by atoms with van der Waals surface area (Å²) in [6.45, 7) is 5.16. The summed E-state index contributed by atoms with van der Waals surface area (Å²) >= 11 is 0. The molecule has 0 spiro atoms. The smallest absolute Gasteiger partial charge is 0.326 e. The van der Waals surface area contributed by atoms with Crippen LogP contribution in [0.25, 0.3) is 10.9 Å². The molecule has 0 unspecified atom stereocenters. The summed E-state index contributed by atoms with van der Waals surface area (Å²) in [5.41, 5.74) is 0.525. The Labute approximate surface area is 127 Å². The van der Waals surface area contributed by atoms with Gasteiger partial charge in [0.1, 0.15) is 0 Å². The van der Waals surface area contributed by atoms with Crippen LogP contribution in [0.2, 0.25) is 0 Å². The molecule has 0 radical (unpaired) electrons. The van der Waals surface area contributed by atoms with Crippen LogP contribution in [0.4, 0.5) is 0 Å². The Morgan fingerprint density at radius 1 is 1.27 bits per heavy atom. The molecule has 3 heterocycles. The molecule has 1 N–H and O–H groups in total. The molecule has 0 saturated carbocycles. The van der Waals surface area contributed by atoms with Crippen LogP contribution in [0.5, 0.6) is 17.6 Å². The second-order valence-corrected chi connectivity index (χ2v) is 5.45. The van der Waals surface area contributed by atoms with E-state index in [1.54, 1.807) is 30.9 Å². The minimum absolute atomic E-state index is 0.0707. The van der Waals surface area contributed by atoms with E-state index in [9.17, 15) is 5.11 Å². The maximum absolute atomic E-state index is 9.90. The van der Waals surface area contributed by atoms with E-state index in [2.05, 4.69) is 33.9 Å². The predicted octanol–water partition coefficient (Wildman–Crippen LogP) is 2.77. The maximum Gasteiger partial charge on any atom is 0.326 e. The van der Waals surface area contributed by atoms with Gasteiger partial charge in [-0.1, -0.05) is 13.8 Å². The van der Waals surface area contributed by atoms with Gasteiger partial charge in [-0.2, -0.15) is 15.1 Å². The number of ether oxygens (including phenoxy) is 1. The summed E-state index contributed by atoms with van der Waals surface area (Å²) in [5.74, 6) is 1.02. The number of pyridine rings is 1. The Balaban J connectivity index is 1.78. The summed E-state index contributed by atoms with van der Waals surface area (Å²) in [7, 11) is 0. The van der Waals surface area contributed by atoms with E-state index in [4.69, 9.17) is 4.74 Å². The molecule has 3 aromatic heterocycles. The number of fused-ring (bicyclic) bond motifs is 1. The SMILES string of the molecule is CC(C)CCn1cc(Oc2nc(O)c3ccncc3n2)cn1. The van der Waals surface area contributed by atoms with Gasteiger partial charge >= 0.3 is 6.01 Å². The van der Waals surface area contributed by atoms with Gasteiger partial charge in [0, 0.05) is 12.7 Å². The van der Waals surface area contributed by atoms with E-state index in [1.807, 2.05) is 4.68 Å². The predicted molar refractivity (Wildman–Crippen MR) is 80.8 cm³/mol. The fourth-order valence-corrected chi connectivity index (χ4v) is 2.00. The summed E-state index contributed by atoms with van der Waals surface area (Å²) in [4.78, 5) is 12.1. The quantitative estimate of drug-likeness (QED) is 0.779. The molecule has 7 heteroatoms. The Bertz CT molecular complexity index is 784. The van der Waals surface area contributed by atoms with Crippen LogP contribution in [-0.4, -0.2) is 29.8 Å². The van der Waals surface area contributed by atoms with Crippen molar-refractivity contribution in [2.24, 2.45) is 5.92 Å². The first-order valence-electron chi connectivity index (χ1n) is 7.13. The molecule has 0 atom stereocenters. The maximum atomic E-state index is 9.90. The Hall–Kier alpha value is -2.70. The average Bonchev–Trinajstić information content (AvgIpc) is 2.93. The first kappa shape index (κ1) is 14.2. The van der Waals surface area contributed by atoms with Crippen molar-refractivity contribution in [2.45, 2.75) is 26.8 Å². The second kappa shape index (κ2) is 5.97. The zero-order valence-corrected chi connectivity index (χ0v) is 12.5. The van der Waals surface area contributed by atoms with Gasteiger partial charge in [-0.25, -0.2) is 0 Å². The van der Waals surface area contributed by atoms with Crippen molar-refractivity contribution in [3.8, 4) is 17.6 Å². The first-order chi connectivity index (χ1) is 10.6. The van der Waals surface area contributed by atoms with E-state index in [0.717, 1.165) is 13.0 Å². The lowest BCUT2D eigenvalue weighted by Crippen LogP contribution is -2.01. The molecular formula is C15H17N5O2. The summed E-state index contributed by atoms with van der Waals surface area (Å²) in [6, 6.07) is 1.72. The molecule has 0 aliphatic rings. The fraction of sp³-hybridized carbons (Fsp3) is 0.333. The number of aromatic hydroxyl groups is 1. The van der Waals surface area contributed by atoms with Crippen LogP contribution in [0, 0.1) is 5.92 Å². The number of hydrogen-bond donors (Lipinski definition) is 1. The number of hydrogen-bond acceptors (Lipinski definition) is 6. The van der Waals surface area contributed by atoms with Crippen molar-refractivity contribution in [1.29, 1.82) is 0 Å². The molecule has 7 nitrogen and oxygen atoms in total. The molecule has 0 amide bonds. The van der Waals surface area contributed by atoms with Gasteiger partial charge in [0.2, 0.25) is 5.88 Å². The molecular weight excluding hydrogens is 282 g/mol. The Morgan fingerprint density at radius 2 is 2.14 bits per heavy atom. The van der Waals surface area contributed by atoms with Crippen LogP contribution in [0.1, 0.15) is 20.3 Å². The highest BCUT2D eigenvalue weighted by molar-refractivity contribution is 5.82. The van der Waals surface area contributed by atoms with Crippen LogP contribution in [0.3, 0.4) is 0 Å². The monoisotopic (exact) mass is 299 g/mol. The number of aryl methyl sites for hydroxylation is 1. The van der Waals surface area contributed by atoms with Gasteiger partial charge in [0.15, 0.2) is 5.75 Å². The molecule has 0 saturated heterocycles. The van der Waals surface area contributed by atoms with Gasteiger partial charge in [-0.3, -0.25) is 9.67 Å². The van der Waals surface area contributed by atoms with Crippen LogP contribution >= 0.6 is 0 Å². The third-order valence-corrected chi connectivity index (χ3v) is 3.21. The third kappa shape index (κ3) is 3.13. The fourth-order valence-electron chi connectivity index (χ4n) is 2.00. The number of nitrogens with zero attached hydrogens (tertiary/aromatic N) is 5. The lowest BCUT2D eigenvalue weighted by atomic mass is 10.1. The topological polar surface area (TPSA) is 86.0 Å². The van der Waals surface area contributed by atoms with E-state index in [-0.39, 0.29) is 11.9 Å². The summed E-state index contributed by atoms with van der Waals surface area (Å²) < 4.78 is 7.38. The highest BCUT2D eigenvalue weighted by atomic mass is 16.5. The van der Waals surface area contributed by atoms with Crippen molar-refractivity contribution >= 4 is 10.9 Å². The Morgan fingerprint density at radius 3 is 2.95 bits per heavy atom. The average molecular weight is 299 g/mol. The zero-order chi connectivity index (χ0) is 15.5. The minimum Gasteiger partial charge on any atom is -0.493 e. The molecule has 3 aromatic rings. The van der Waals surface area contributed by atoms with Gasteiger partial charge < -0.3 is 9.84 Å². The van der Waals surface area contributed by atoms with Crippen molar-refractivity contribution in [1.82, 2.24) is 24.7 Å². The molecule has 0 aliphatic carbocycles. The molecule has 0 fully saturated rings. The minimum atomic E-state index is -0.130. The lowest BCUT2D eigenvalue weighted by molar-refractivity contribution is 0.411. The van der Waals surface area contributed by atoms with E-state index >= 15 is 0 Å². The molecule has 0 bridgehead atoms. The standard InChI is InChI=1S/C15H17N5O2/c1-10(2)4-6-20-9-11(7-17-20)22-15-18-13-8-16-5-3-12(13)14(21)19-15/h3,5,7-10H,4,6H2,1-2H3,(H,18,19,21). The Kier molecular flexibility index (Phi) is 3.86. The summed E-state index contributed by atoms with van der Waals surface area (Å²) in [5, 5.41) is 14.7. The lowest BCUT2D eigenvalue weighted by Gasteiger charge is -2.04. The van der Waals surface area contributed by atoms with Gasteiger partial charge in [-0.15, -0.1) is 0 Å². The first-order valence-corrected chi connectivity index (χ1v) is 7.13. The van der Waals surface area contributed by atoms with Crippen molar-refractivity contribution in [2.75, 3.05) is 0 Å². The highest BCUT2D eigenvalue weighted by Gasteiger charge is 2.09. The number of aromatic nitrogens is 5. The van der Waals surface area contributed by atoms with Crippen molar-refractivity contribution < 1.29 is 9.84 Å². The zero-order valence-electron chi connectivity index (χ0n) is 12.5. The third-order valence-electron chi connectivity index (χ3n) is 3.21. The molecule has 0 aliphatic heterocycles. The van der Waals surface area contributed by atoms with E-state index in [1.165, 1.54) is 0 Å². The van der Waals surface area contributed by atoms with Crippen LogP contribution in [-0.2, 0) is 6.54 Å². The van der Waals surface area contributed by atoms with Gasteiger partial charge in [-0.05, 0) is 18.4 Å².